The van der Waals surface area contributed by atoms with E-state index in [2.05, 4.69) is 47.8 Å². The number of likely N-dealkylation sites (tertiary alicyclic amines) is 1. The highest BCUT2D eigenvalue weighted by Gasteiger charge is 2.31. The molecule has 8 heteroatoms. The number of piperidine rings is 1. The molecule has 1 aromatic heterocycles. The number of guanidine groups is 1. The molecule has 1 aliphatic carbocycles. The number of hydrogen-bond donors (Lipinski definition) is 3. The van der Waals surface area contributed by atoms with Gasteiger partial charge in [0.1, 0.15) is 6.33 Å². The molecule has 2 fully saturated rings. The summed E-state index contributed by atoms with van der Waals surface area (Å²) in [5.74, 6) is 1.66. The molecule has 4 rings (SSSR count). The quantitative estimate of drug-likeness (QED) is 0.347. The molecule has 2 heterocycles. The average Bonchev–Trinajstić information content (AvgIpc) is 3.39. The molecule has 1 aromatic carbocycles. The molecule has 7 nitrogen and oxygen atoms in total. The van der Waals surface area contributed by atoms with Crippen LogP contribution in [0.1, 0.15) is 31.2 Å². The summed E-state index contributed by atoms with van der Waals surface area (Å²) in [6.45, 7) is 3.14. The molecule has 146 valence electrons. The fourth-order valence-electron chi connectivity index (χ4n) is 3.60. The molecule has 1 saturated heterocycles. The van der Waals surface area contributed by atoms with Crippen LogP contribution in [0.5, 0.6) is 0 Å². The van der Waals surface area contributed by atoms with E-state index in [4.69, 9.17) is 0 Å². The highest BCUT2D eigenvalue weighted by Crippen LogP contribution is 2.29. The van der Waals surface area contributed by atoms with Gasteiger partial charge < -0.3 is 15.5 Å². The second kappa shape index (κ2) is 9.50. The highest BCUT2D eigenvalue weighted by molar-refractivity contribution is 14.0. The van der Waals surface area contributed by atoms with Crippen molar-refractivity contribution in [3.8, 4) is 11.4 Å². The van der Waals surface area contributed by atoms with Gasteiger partial charge in [-0.1, -0.05) is 18.2 Å². The van der Waals surface area contributed by atoms with Gasteiger partial charge in [-0.05, 0) is 37.3 Å². The Morgan fingerprint density at radius 1 is 1.26 bits per heavy atom. The molecule has 27 heavy (non-hydrogen) atoms. The average molecular weight is 481 g/mol. The summed E-state index contributed by atoms with van der Waals surface area (Å²) >= 11 is 0. The van der Waals surface area contributed by atoms with Crippen LogP contribution in [0.15, 0.2) is 35.6 Å². The van der Waals surface area contributed by atoms with Crippen molar-refractivity contribution in [1.82, 2.24) is 30.7 Å². The van der Waals surface area contributed by atoms with Crippen molar-refractivity contribution in [3.63, 3.8) is 0 Å². The fraction of sp³-hybridized carbons (Fsp3) is 0.526. The smallest absolute Gasteiger partial charge is 0.191 e. The van der Waals surface area contributed by atoms with Crippen molar-refractivity contribution in [2.75, 3.05) is 20.1 Å². The van der Waals surface area contributed by atoms with Crippen molar-refractivity contribution < 1.29 is 0 Å². The summed E-state index contributed by atoms with van der Waals surface area (Å²) in [5.41, 5.74) is 2.22. The summed E-state index contributed by atoms with van der Waals surface area (Å²) in [7, 11) is 1.83. The summed E-state index contributed by atoms with van der Waals surface area (Å²) in [6.07, 6.45) is 6.71. The fourth-order valence-corrected chi connectivity index (χ4v) is 3.60. The zero-order chi connectivity index (χ0) is 17.8. The van der Waals surface area contributed by atoms with Crippen molar-refractivity contribution in [1.29, 1.82) is 0 Å². The number of nitrogens with zero attached hydrogens (tertiary/aromatic N) is 4. The Balaban J connectivity index is 0.00000210. The highest BCUT2D eigenvalue weighted by atomic mass is 127. The van der Waals surface area contributed by atoms with E-state index in [1.165, 1.54) is 50.7 Å². The molecular weight excluding hydrogens is 453 g/mol. The van der Waals surface area contributed by atoms with Gasteiger partial charge in [-0.3, -0.25) is 10.1 Å². The van der Waals surface area contributed by atoms with Crippen molar-refractivity contribution in [2.45, 2.75) is 44.3 Å². The first-order valence-electron chi connectivity index (χ1n) is 9.48. The number of H-pyrrole nitrogens is 1. The molecule has 2 aliphatic rings. The summed E-state index contributed by atoms with van der Waals surface area (Å²) in [6, 6.07) is 9.69. The van der Waals surface area contributed by atoms with Gasteiger partial charge >= 0.3 is 0 Å². The number of aliphatic imine (C=N–C) groups is 1. The molecule has 0 radical (unpaired) electrons. The van der Waals surface area contributed by atoms with Gasteiger partial charge in [-0.25, -0.2) is 4.98 Å². The Labute approximate surface area is 177 Å². The molecular formula is C19H28IN7. The lowest BCUT2D eigenvalue weighted by atomic mass is 10.1. The zero-order valence-electron chi connectivity index (χ0n) is 15.7. The number of benzene rings is 1. The van der Waals surface area contributed by atoms with Gasteiger partial charge in [0.05, 0.1) is 0 Å². The first-order chi connectivity index (χ1) is 12.8. The SMILES string of the molecule is CN=C(NCc1cccc(-c2ncn[nH]2)c1)NC1CCN(C2CC2)CC1.I. The van der Waals surface area contributed by atoms with Crippen LogP contribution in [0, 0.1) is 0 Å². The lowest BCUT2D eigenvalue weighted by Gasteiger charge is -2.33. The first-order valence-corrected chi connectivity index (χ1v) is 9.48. The molecule has 0 spiro atoms. The Morgan fingerprint density at radius 3 is 2.74 bits per heavy atom. The second-order valence-corrected chi connectivity index (χ2v) is 7.15. The van der Waals surface area contributed by atoms with Gasteiger partial charge in [0, 0.05) is 44.3 Å². The van der Waals surface area contributed by atoms with Crippen molar-refractivity contribution in [3.05, 3.63) is 36.2 Å². The van der Waals surface area contributed by atoms with Crippen LogP contribution in [0.2, 0.25) is 0 Å². The second-order valence-electron chi connectivity index (χ2n) is 7.15. The van der Waals surface area contributed by atoms with Crippen LogP contribution in [0.3, 0.4) is 0 Å². The number of hydrogen-bond acceptors (Lipinski definition) is 4. The Morgan fingerprint density at radius 2 is 2.07 bits per heavy atom. The largest absolute Gasteiger partial charge is 0.354 e. The molecule has 0 unspecified atom stereocenters. The van der Waals surface area contributed by atoms with Crippen LogP contribution in [-0.2, 0) is 6.54 Å². The summed E-state index contributed by atoms with van der Waals surface area (Å²) in [4.78, 5) is 11.2. The van der Waals surface area contributed by atoms with E-state index in [1.807, 2.05) is 19.2 Å². The third-order valence-electron chi connectivity index (χ3n) is 5.23. The summed E-state index contributed by atoms with van der Waals surface area (Å²) in [5, 5.41) is 13.8. The number of rotatable bonds is 5. The minimum atomic E-state index is 0. The topological polar surface area (TPSA) is 81.2 Å². The molecule has 1 aliphatic heterocycles. The predicted octanol–water partition coefficient (Wildman–Crippen LogP) is 2.38. The minimum absolute atomic E-state index is 0. The minimum Gasteiger partial charge on any atom is -0.354 e. The van der Waals surface area contributed by atoms with Crippen molar-refractivity contribution >= 4 is 29.9 Å². The third kappa shape index (κ3) is 5.41. The van der Waals surface area contributed by atoms with E-state index < -0.39 is 0 Å². The Kier molecular flexibility index (Phi) is 7.06. The molecule has 0 bridgehead atoms. The number of nitrogens with one attached hydrogen (secondary N) is 3. The van der Waals surface area contributed by atoms with Crippen LogP contribution >= 0.6 is 24.0 Å². The van der Waals surface area contributed by atoms with Gasteiger partial charge in [0.25, 0.3) is 0 Å². The molecule has 1 saturated carbocycles. The van der Waals surface area contributed by atoms with Crippen molar-refractivity contribution in [2.24, 2.45) is 4.99 Å². The molecule has 3 N–H and O–H groups in total. The van der Waals surface area contributed by atoms with E-state index in [9.17, 15) is 0 Å². The van der Waals surface area contributed by atoms with Crippen LogP contribution in [0.25, 0.3) is 11.4 Å². The standard InChI is InChI=1S/C19H27N7.HI/c1-20-19(24-16-7-9-26(10-8-16)17-5-6-17)21-12-14-3-2-4-15(11-14)18-22-13-23-25-18;/h2-4,11,13,16-17H,5-10,12H2,1H3,(H2,20,21,24)(H,22,23,25);1H. The monoisotopic (exact) mass is 481 g/mol. The zero-order valence-corrected chi connectivity index (χ0v) is 18.0. The van der Waals surface area contributed by atoms with Crippen LogP contribution in [-0.4, -0.2) is 58.3 Å². The predicted molar refractivity (Wildman–Crippen MR) is 118 cm³/mol. The van der Waals surface area contributed by atoms with Gasteiger partial charge in [0.2, 0.25) is 0 Å². The third-order valence-corrected chi connectivity index (χ3v) is 5.23. The van der Waals surface area contributed by atoms with E-state index >= 15 is 0 Å². The molecule has 0 atom stereocenters. The van der Waals surface area contributed by atoms with Crippen LogP contribution in [0.4, 0.5) is 0 Å². The number of aromatic amines is 1. The molecule has 0 amide bonds. The number of halogens is 1. The maximum Gasteiger partial charge on any atom is 0.191 e. The lowest BCUT2D eigenvalue weighted by Crippen LogP contribution is -2.48. The van der Waals surface area contributed by atoms with E-state index in [0.717, 1.165) is 29.9 Å². The Hall–Kier alpha value is -1.68. The maximum absolute atomic E-state index is 4.39. The summed E-state index contributed by atoms with van der Waals surface area (Å²) < 4.78 is 0. The van der Waals surface area contributed by atoms with Gasteiger partial charge in [-0.15, -0.1) is 24.0 Å². The maximum atomic E-state index is 4.39. The van der Waals surface area contributed by atoms with Gasteiger partial charge in [0.15, 0.2) is 11.8 Å². The Bertz CT molecular complexity index is 734. The first kappa shape index (κ1) is 20.1. The van der Waals surface area contributed by atoms with E-state index in [-0.39, 0.29) is 24.0 Å². The number of aromatic nitrogens is 3. The van der Waals surface area contributed by atoms with Crippen LogP contribution < -0.4 is 10.6 Å². The van der Waals surface area contributed by atoms with Gasteiger partial charge in [-0.2, -0.15) is 5.10 Å². The van der Waals surface area contributed by atoms with E-state index in [1.54, 1.807) is 0 Å². The lowest BCUT2D eigenvalue weighted by molar-refractivity contribution is 0.197. The normalized spacial score (nSPS) is 18.8. The molecule has 2 aromatic rings. The van der Waals surface area contributed by atoms with E-state index in [0.29, 0.717) is 6.04 Å².